The highest BCUT2D eigenvalue weighted by Gasteiger charge is 2.14. The Morgan fingerprint density at radius 2 is 1.59 bits per heavy atom. The monoisotopic (exact) mass is 349 g/mol. The smallest absolute Gasteiger partial charge is 0.266 e. The van der Waals surface area contributed by atoms with E-state index in [9.17, 15) is 4.79 Å². The van der Waals surface area contributed by atoms with Crippen molar-refractivity contribution in [2.24, 2.45) is 0 Å². The molecule has 0 bridgehead atoms. The van der Waals surface area contributed by atoms with Crippen LogP contribution in [-0.4, -0.2) is 14.5 Å². The summed E-state index contributed by atoms with van der Waals surface area (Å²) >= 11 is 0. The van der Waals surface area contributed by atoms with Gasteiger partial charge in [0.15, 0.2) is 0 Å². The van der Waals surface area contributed by atoms with Gasteiger partial charge in [-0.1, -0.05) is 42.5 Å². The van der Waals surface area contributed by atoms with E-state index in [1.165, 1.54) is 0 Å². The lowest BCUT2D eigenvalue weighted by Gasteiger charge is -2.14. The topological polar surface area (TPSA) is 47.8 Å². The fraction of sp³-hybridized carbons (Fsp3) is 0. The predicted octanol–water partition coefficient (Wildman–Crippen LogP) is 4.60. The first-order chi connectivity index (χ1) is 13.3. The van der Waals surface area contributed by atoms with Crippen LogP contribution < -0.4 is 5.56 Å². The van der Waals surface area contributed by atoms with Crippen LogP contribution in [0.4, 0.5) is 0 Å². The van der Waals surface area contributed by atoms with Crippen LogP contribution in [0, 0.1) is 0 Å². The van der Waals surface area contributed by atoms with Crippen molar-refractivity contribution in [3.63, 3.8) is 0 Å². The van der Waals surface area contributed by atoms with Gasteiger partial charge in [0.05, 0.1) is 16.6 Å². The molecule has 0 spiro atoms. The highest BCUT2D eigenvalue weighted by molar-refractivity contribution is 5.85. The van der Waals surface area contributed by atoms with Crippen LogP contribution in [0.5, 0.6) is 0 Å². The summed E-state index contributed by atoms with van der Waals surface area (Å²) in [5.41, 5.74) is 2.18. The number of rotatable bonds is 2. The molecule has 4 heteroatoms. The summed E-state index contributed by atoms with van der Waals surface area (Å²) in [6.45, 7) is 0. The number of hydrogen-bond donors (Lipinski definition) is 0. The summed E-state index contributed by atoms with van der Waals surface area (Å²) in [6, 6.07) is 25.3. The Morgan fingerprint density at radius 3 is 2.44 bits per heavy atom. The van der Waals surface area contributed by atoms with Gasteiger partial charge < -0.3 is 0 Å². The molecule has 0 amide bonds. The maximum atomic E-state index is 13.4. The molecular formula is C23H15N3O. The van der Waals surface area contributed by atoms with E-state index in [4.69, 9.17) is 4.98 Å². The Hall–Kier alpha value is -3.79. The van der Waals surface area contributed by atoms with Crippen molar-refractivity contribution in [1.82, 2.24) is 14.5 Å². The number of hydrogen-bond acceptors (Lipinski definition) is 3. The largest absolute Gasteiger partial charge is 0.268 e. The van der Waals surface area contributed by atoms with Crippen molar-refractivity contribution in [1.29, 1.82) is 0 Å². The Kier molecular flexibility index (Phi) is 3.54. The summed E-state index contributed by atoms with van der Waals surface area (Å²) in [5, 5.41) is 2.80. The molecule has 0 saturated heterocycles. The Balaban J connectivity index is 1.89. The molecule has 0 aliphatic carbocycles. The number of fused-ring (bicyclic) bond motifs is 2. The second-order valence-electron chi connectivity index (χ2n) is 6.37. The fourth-order valence-corrected chi connectivity index (χ4v) is 3.38. The maximum absolute atomic E-state index is 13.4. The molecule has 0 atom stereocenters. The molecule has 0 unspecified atom stereocenters. The molecule has 128 valence electrons. The van der Waals surface area contributed by atoms with Crippen LogP contribution in [-0.2, 0) is 0 Å². The summed E-state index contributed by atoms with van der Waals surface area (Å²) in [7, 11) is 0. The lowest BCUT2D eigenvalue weighted by atomic mass is 10.1. The maximum Gasteiger partial charge on any atom is 0.266 e. The van der Waals surface area contributed by atoms with Crippen LogP contribution in [0.2, 0.25) is 0 Å². The number of para-hydroxylation sites is 1. The van der Waals surface area contributed by atoms with E-state index < -0.39 is 0 Å². The van der Waals surface area contributed by atoms with Gasteiger partial charge in [0.25, 0.3) is 5.56 Å². The first-order valence-corrected chi connectivity index (χ1v) is 8.73. The summed E-state index contributed by atoms with van der Waals surface area (Å²) in [5.74, 6) is 0.585. The van der Waals surface area contributed by atoms with Gasteiger partial charge in [0, 0.05) is 18.0 Å². The van der Waals surface area contributed by atoms with Gasteiger partial charge in [0.2, 0.25) is 0 Å². The highest BCUT2D eigenvalue weighted by Crippen LogP contribution is 2.24. The van der Waals surface area contributed by atoms with Gasteiger partial charge in [0.1, 0.15) is 5.82 Å². The minimum atomic E-state index is -0.0882. The van der Waals surface area contributed by atoms with Gasteiger partial charge in [-0.2, -0.15) is 0 Å². The van der Waals surface area contributed by atoms with Gasteiger partial charge in [-0.15, -0.1) is 0 Å². The molecule has 0 radical (unpaired) electrons. The average Bonchev–Trinajstić information content (AvgIpc) is 2.74. The quantitative estimate of drug-likeness (QED) is 0.468. The number of nitrogens with zero attached hydrogens (tertiary/aromatic N) is 3. The van der Waals surface area contributed by atoms with Crippen LogP contribution in [0.25, 0.3) is 38.8 Å². The third-order valence-corrected chi connectivity index (χ3v) is 4.69. The van der Waals surface area contributed by atoms with Gasteiger partial charge >= 0.3 is 0 Å². The van der Waals surface area contributed by atoms with Gasteiger partial charge in [-0.25, -0.2) is 4.98 Å². The molecule has 5 aromatic rings. The fourth-order valence-electron chi connectivity index (χ4n) is 3.38. The average molecular weight is 349 g/mol. The van der Waals surface area contributed by atoms with E-state index in [2.05, 4.69) is 11.1 Å². The summed E-state index contributed by atoms with van der Waals surface area (Å²) in [4.78, 5) is 22.3. The second kappa shape index (κ2) is 6.18. The van der Waals surface area contributed by atoms with Crippen LogP contribution in [0.1, 0.15) is 0 Å². The van der Waals surface area contributed by atoms with E-state index in [0.29, 0.717) is 16.7 Å². The highest BCUT2D eigenvalue weighted by atomic mass is 16.1. The van der Waals surface area contributed by atoms with Crippen LogP contribution in [0.3, 0.4) is 0 Å². The molecule has 5 rings (SSSR count). The van der Waals surface area contributed by atoms with Crippen molar-refractivity contribution in [2.45, 2.75) is 0 Å². The molecular weight excluding hydrogens is 334 g/mol. The van der Waals surface area contributed by atoms with Crippen LogP contribution in [0.15, 0.2) is 96.1 Å². The second-order valence-corrected chi connectivity index (χ2v) is 6.37. The minimum Gasteiger partial charge on any atom is -0.268 e. The van der Waals surface area contributed by atoms with Crippen molar-refractivity contribution < 1.29 is 0 Å². The summed E-state index contributed by atoms with van der Waals surface area (Å²) < 4.78 is 1.67. The lowest BCUT2D eigenvalue weighted by Crippen LogP contribution is -2.22. The molecule has 0 saturated carbocycles. The molecule has 2 aromatic heterocycles. The molecule has 0 N–H and O–H groups in total. The minimum absolute atomic E-state index is 0.0882. The van der Waals surface area contributed by atoms with E-state index in [1.807, 2.05) is 72.8 Å². The van der Waals surface area contributed by atoms with E-state index in [-0.39, 0.29) is 5.56 Å². The standard InChI is InChI=1S/C23H15N3O/c27-23-20-9-3-4-10-21(20)25-22(18-8-5-13-24-15-18)26(23)19-12-11-16-6-1-2-7-17(16)14-19/h1-15H. The Labute approximate surface area is 155 Å². The van der Waals surface area contributed by atoms with Crippen molar-refractivity contribution >= 4 is 21.7 Å². The molecule has 0 fully saturated rings. The first-order valence-electron chi connectivity index (χ1n) is 8.73. The van der Waals surface area contributed by atoms with Gasteiger partial charge in [-0.05, 0) is 47.2 Å². The van der Waals surface area contributed by atoms with Crippen molar-refractivity contribution in [3.05, 3.63) is 102 Å². The van der Waals surface area contributed by atoms with E-state index >= 15 is 0 Å². The summed E-state index contributed by atoms with van der Waals surface area (Å²) in [6.07, 6.45) is 3.44. The van der Waals surface area contributed by atoms with Crippen LogP contribution >= 0.6 is 0 Å². The molecule has 0 aliphatic heterocycles. The third kappa shape index (κ3) is 2.59. The molecule has 2 heterocycles. The molecule has 3 aromatic carbocycles. The Bertz CT molecular complexity index is 1340. The zero-order chi connectivity index (χ0) is 18.2. The zero-order valence-electron chi connectivity index (χ0n) is 14.4. The predicted molar refractivity (Wildman–Crippen MR) is 108 cm³/mol. The van der Waals surface area contributed by atoms with Gasteiger partial charge in [-0.3, -0.25) is 14.3 Å². The lowest BCUT2D eigenvalue weighted by molar-refractivity contribution is 0.975. The molecule has 27 heavy (non-hydrogen) atoms. The number of benzene rings is 3. The van der Waals surface area contributed by atoms with Crippen molar-refractivity contribution in [3.8, 4) is 17.1 Å². The molecule has 0 aliphatic rings. The number of pyridine rings is 1. The zero-order valence-corrected chi connectivity index (χ0v) is 14.4. The van der Waals surface area contributed by atoms with Crippen molar-refractivity contribution in [2.75, 3.05) is 0 Å². The normalized spacial score (nSPS) is 11.1. The van der Waals surface area contributed by atoms with E-state index in [0.717, 1.165) is 22.0 Å². The molecule has 4 nitrogen and oxygen atoms in total. The first kappa shape index (κ1) is 15.5. The Morgan fingerprint density at radius 1 is 0.778 bits per heavy atom. The SMILES string of the molecule is O=c1c2ccccc2nc(-c2cccnc2)n1-c1ccc2ccccc2c1. The third-order valence-electron chi connectivity index (χ3n) is 4.69. The van der Waals surface area contributed by atoms with E-state index in [1.54, 1.807) is 17.0 Å². The number of aromatic nitrogens is 3.